The van der Waals surface area contributed by atoms with E-state index in [-0.39, 0.29) is 11.7 Å². The van der Waals surface area contributed by atoms with Crippen molar-refractivity contribution in [3.05, 3.63) is 59.7 Å². The van der Waals surface area contributed by atoms with E-state index in [2.05, 4.69) is 16.8 Å². The number of aromatic nitrogens is 1. The summed E-state index contributed by atoms with van der Waals surface area (Å²) >= 11 is 5.47. The first kappa shape index (κ1) is 13.4. The summed E-state index contributed by atoms with van der Waals surface area (Å²) in [5.74, 6) is 5.69. The molecule has 1 aromatic heterocycles. The van der Waals surface area contributed by atoms with Crippen molar-refractivity contribution in [2.45, 2.75) is 6.61 Å². The molecule has 0 aliphatic heterocycles. The normalized spacial score (nSPS) is 9.58. The summed E-state index contributed by atoms with van der Waals surface area (Å²) in [7, 11) is 0. The van der Waals surface area contributed by atoms with Crippen molar-refractivity contribution < 1.29 is 9.13 Å². The molecule has 1 heterocycles. The maximum atomic E-state index is 13.4. The summed E-state index contributed by atoms with van der Waals surface area (Å²) in [6, 6.07) is 8.06. The van der Waals surface area contributed by atoms with E-state index in [0.29, 0.717) is 17.9 Å². The van der Waals surface area contributed by atoms with Gasteiger partial charge < -0.3 is 4.74 Å². The Morgan fingerprint density at radius 1 is 1.32 bits per heavy atom. The molecule has 0 aliphatic carbocycles. The molecule has 4 heteroatoms. The molecule has 0 bridgehead atoms. The number of halogens is 2. The van der Waals surface area contributed by atoms with Gasteiger partial charge in [-0.25, -0.2) is 4.39 Å². The number of ether oxygens (including phenoxy) is 1. The molecule has 0 saturated carbocycles. The van der Waals surface area contributed by atoms with Gasteiger partial charge >= 0.3 is 0 Å². The van der Waals surface area contributed by atoms with Gasteiger partial charge in [0, 0.05) is 29.6 Å². The van der Waals surface area contributed by atoms with E-state index in [0.717, 1.165) is 5.56 Å². The lowest BCUT2D eigenvalue weighted by Gasteiger charge is -2.06. The van der Waals surface area contributed by atoms with E-state index in [1.165, 1.54) is 12.1 Å². The molecule has 19 heavy (non-hydrogen) atoms. The lowest BCUT2D eigenvalue weighted by atomic mass is 10.2. The summed E-state index contributed by atoms with van der Waals surface area (Å²) in [5, 5.41) is 0. The van der Waals surface area contributed by atoms with Crippen LogP contribution in [-0.2, 0) is 6.61 Å². The molecule has 0 atom stereocenters. The van der Waals surface area contributed by atoms with Crippen LogP contribution in [0.25, 0.3) is 0 Å². The Labute approximate surface area is 116 Å². The molecule has 0 aliphatic rings. The maximum Gasteiger partial charge on any atom is 0.128 e. The second-order valence-corrected chi connectivity index (χ2v) is 4.03. The standard InChI is InChI=1S/C15H11ClFNO/c16-5-1-3-12-7-14(17)9-15(8-12)19-11-13-4-2-6-18-10-13/h2,4,6-10H,5,11H2. The number of hydrogen-bond acceptors (Lipinski definition) is 2. The fraction of sp³-hybridized carbons (Fsp3) is 0.133. The monoisotopic (exact) mass is 275 g/mol. The molecule has 96 valence electrons. The van der Waals surface area contributed by atoms with Gasteiger partial charge in [0.1, 0.15) is 18.2 Å². The first-order chi connectivity index (χ1) is 9.28. The number of hydrogen-bond donors (Lipinski definition) is 0. The maximum absolute atomic E-state index is 13.4. The zero-order valence-electron chi connectivity index (χ0n) is 10.1. The van der Waals surface area contributed by atoms with Gasteiger partial charge in [0.05, 0.1) is 5.88 Å². The molecule has 0 radical (unpaired) electrons. The van der Waals surface area contributed by atoms with Gasteiger partial charge in [-0.15, -0.1) is 11.6 Å². The summed E-state index contributed by atoms with van der Waals surface area (Å²) in [6.07, 6.45) is 3.39. The fourth-order valence-corrected chi connectivity index (χ4v) is 1.57. The molecular formula is C15H11ClFNO. The van der Waals surface area contributed by atoms with Crippen molar-refractivity contribution in [1.82, 2.24) is 4.98 Å². The quantitative estimate of drug-likeness (QED) is 0.633. The van der Waals surface area contributed by atoms with Crippen molar-refractivity contribution in [2.75, 3.05) is 5.88 Å². The van der Waals surface area contributed by atoms with Crippen LogP contribution in [0.15, 0.2) is 42.7 Å². The molecule has 1 aromatic carbocycles. The third kappa shape index (κ3) is 4.27. The summed E-state index contributed by atoms with van der Waals surface area (Å²) < 4.78 is 18.9. The lowest BCUT2D eigenvalue weighted by Crippen LogP contribution is -1.96. The van der Waals surface area contributed by atoms with Gasteiger partial charge in [0.25, 0.3) is 0 Å². The zero-order valence-corrected chi connectivity index (χ0v) is 10.8. The van der Waals surface area contributed by atoms with E-state index in [1.807, 2.05) is 12.1 Å². The lowest BCUT2D eigenvalue weighted by molar-refractivity contribution is 0.304. The second-order valence-electron chi connectivity index (χ2n) is 3.76. The van der Waals surface area contributed by atoms with Gasteiger partial charge in [-0.2, -0.15) is 0 Å². The third-order valence-electron chi connectivity index (χ3n) is 2.30. The van der Waals surface area contributed by atoms with Gasteiger partial charge in [0.2, 0.25) is 0 Å². The molecule has 0 unspecified atom stereocenters. The highest BCUT2D eigenvalue weighted by atomic mass is 35.5. The van der Waals surface area contributed by atoms with Crippen LogP contribution < -0.4 is 4.74 Å². The van der Waals surface area contributed by atoms with E-state index < -0.39 is 0 Å². The Bertz CT molecular complexity index is 605. The van der Waals surface area contributed by atoms with Crippen LogP contribution in [0, 0.1) is 17.7 Å². The molecule has 0 amide bonds. The van der Waals surface area contributed by atoms with Crippen LogP contribution in [0.1, 0.15) is 11.1 Å². The van der Waals surface area contributed by atoms with Gasteiger partial charge in [-0.1, -0.05) is 17.9 Å². The number of pyridine rings is 1. The molecule has 0 saturated heterocycles. The Balaban J connectivity index is 2.10. The minimum Gasteiger partial charge on any atom is -0.489 e. The van der Waals surface area contributed by atoms with Crippen LogP contribution in [-0.4, -0.2) is 10.9 Å². The van der Waals surface area contributed by atoms with Crippen molar-refractivity contribution >= 4 is 11.6 Å². The van der Waals surface area contributed by atoms with E-state index in [4.69, 9.17) is 16.3 Å². The summed E-state index contributed by atoms with van der Waals surface area (Å²) in [5.41, 5.74) is 1.46. The van der Waals surface area contributed by atoms with E-state index in [1.54, 1.807) is 18.5 Å². The number of rotatable bonds is 3. The predicted octanol–water partition coefficient (Wildman–Crippen LogP) is 3.39. The highest BCUT2D eigenvalue weighted by molar-refractivity contribution is 6.19. The minimum atomic E-state index is -0.387. The average molecular weight is 276 g/mol. The Hall–Kier alpha value is -2.05. The van der Waals surface area contributed by atoms with E-state index >= 15 is 0 Å². The van der Waals surface area contributed by atoms with Crippen molar-refractivity contribution in [2.24, 2.45) is 0 Å². The topological polar surface area (TPSA) is 22.1 Å². The van der Waals surface area contributed by atoms with Crippen LogP contribution in [0.2, 0.25) is 0 Å². The van der Waals surface area contributed by atoms with Gasteiger partial charge in [-0.3, -0.25) is 4.98 Å². The Morgan fingerprint density at radius 3 is 2.95 bits per heavy atom. The van der Waals surface area contributed by atoms with Crippen LogP contribution in [0.3, 0.4) is 0 Å². The molecule has 2 nitrogen and oxygen atoms in total. The third-order valence-corrected chi connectivity index (χ3v) is 2.43. The second kappa shape index (κ2) is 6.77. The molecule has 2 aromatic rings. The van der Waals surface area contributed by atoms with Crippen LogP contribution in [0.5, 0.6) is 5.75 Å². The minimum absolute atomic E-state index is 0.211. The summed E-state index contributed by atoms with van der Waals surface area (Å²) in [6.45, 7) is 0.333. The van der Waals surface area contributed by atoms with Crippen LogP contribution >= 0.6 is 11.6 Å². The fourth-order valence-electron chi connectivity index (χ4n) is 1.50. The first-order valence-electron chi connectivity index (χ1n) is 5.65. The first-order valence-corrected chi connectivity index (χ1v) is 6.18. The average Bonchev–Trinajstić information content (AvgIpc) is 2.43. The van der Waals surface area contributed by atoms with Crippen LogP contribution in [0.4, 0.5) is 4.39 Å². The van der Waals surface area contributed by atoms with Crippen molar-refractivity contribution in [3.8, 4) is 17.6 Å². The highest BCUT2D eigenvalue weighted by Gasteiger charge is 2.01. The molecule has 0 spiro atoms. The molecule has 2 rings (SSSR count). The van der Waals surface area contributed by atoms with Gasteiger partial charge in [-0.05, 0) is 18.2 Å². The molecule has 0 fully saturated rings. The van der Waals surface area contributed by atoms with Crippen molar-refractivity contribution in [3.63, 3.8) is 0 Å². The number of benzene rings is 1. The number of alkyl halides is 1. The number of nitrogens with zero attached hydrogens (tertiary/aromatic N) is 1. The smallest absolute Gasteiger partial charge is 0.128 e. The highest BCUT2D eigenvalue weighted by Crippen LogP contribution is 2.17. The molecular weight excluding hydrogens is 265 g/mol. The largest absolute Gasteiger partial charge is 0.489 e. The van der Waals surface area contributed by atoms with Gasteiger partial charge in [0.15, 0.2) is 0 Å². The van der Waals surface area contributed by atoms with Crippen molar-refractivity contribution in [1.29, 1.82) is 0 Å². The van der Waals surface area contributed by atoms with E-state index in [9.17, 15) is 4.39 Å². The molecule has 0 N–H and O–H groups in total. The Morgan fingerprint density at radius 2 is 2.21 bits per heavy atom. The summed E-state index contributed by atoms with van der Waals surface area (Å²) in [4.78, 5) is 3.98. The zero-order chi connectivity index (χ0) is 13.5. The Kier molecular flexibility index (Phi) is 4.77. The predicted molar refractivity (Wildman–Crippen MR) is 72.6 cm³/mol. The SMILES string of the molecule is Fc1cc(C#CCCl)cc(OCc2cccnc2)c1.